The second kappa shape index (κ2) is 7.57. The van der Waals surface area contributed by atoms with Crippen molar-refractivity contribution in [2.24, 2.45) is 0 Å². The molecule has 9 nitrogen and oxygen atoms in total. The molecule has 1 aromatic carbocycles. The number of fused-ring (bicyclic) bond motifs is 1. The van der Waals surface area contributed by atoms with Crippen molar-refractivity contribution in [2.45, 2.75) is 31.5 Å². The zero-order chi connectivity index (χ0) is 20.8. The zero-order valence-corrected chi connectivity index (χ0v) is 16.7. The second-order valence-electron chi connectivity index (χ2n) is 8.46. The summed E-state index contributed by atoms with van der Waals surface area (Å²) in [6.45, 7) is 7.00. The summed E-state index contributed by atoms with van der Waals surface area (Å²) < 4.78 is 0. The third-order valence-electron chi connectivity index (χ3n) is 6.52. The quantitative estimate of drug-likeness (QED) is 0.624. The number of carbonyl (C=O) groups is 4. The SMILES string of the molecule is O=C1CCC(N2C(=O)c3ccc(CN4CC(N5CCNCC5)C4)cc3C2=O)C(=O)N1. The van der Waals surface area contributed by atoms with Gasteiger partial charge in [0.05, 0.1) is 11.1 Å². The van der Waals surface area contributed by atoms with E-state index in [1.165, 1.54) is 0 Å². The van der Waals surface area contributed by atoms with Crippen molar-refractivity contribution in [3.63, 3.8) is 0 Å². The number of imide groups is 2. The highest BCUT2D eigenvalue weighted by Gasteiger charge is 2.44. The minimum Gasteiger partial charge on any atom is -0.314 e. The maximum atomic E-state index is 12.9. The van der Waals surface area contributed by atoms with Gasteiger partial charge in [-0.3, -0.25) is 39.2 Å². The number of piperazine rings is 1. The van der Waals surface area contributed by atoms with E-state index in [0.717, 1.165) is 56.3 Å². The molecule has 1 atom stereocenters. The van der Waals surface area contributed by atoms with Gasteiger partial charge in [0.15, 0.2) is 0 Å². The van der Waals surface area contributed by atoms with E-state index in [0.29, 0.717) is 17.2 Å². The first-order valence-electron chi connectivity index (χ1n) is 10.5. The molecule has 4 amide bonds. The Hall–Kier alpha value is -2.62. The van der Waals surface area contributed by atoms with Gasteiger partial charge in [0.2, 0.25) is 11.8 Å². The number of nitrogens with one attached hydrogen (secondary N) is 2. The first-order chi connectivity index (χ1) is 14.5. The topological polar surface area (TPSA) is 102 Å². The molecule has 3 saturated heterocycles. The summed E-state index contributed by atoms with van der Waals surface area (Å²) in [5.74, 6) is -1.86. The van der Waals surface area contributed by atoms with Gasteiger partial charge in [-0.2, -0.15) is 0 Å². The zero-order valence-electron chi connectivity index (χ0n) is 16.7. The Balaban J connectivity index is 1.25. The van der Waals surface area contributed by atoms with E-state index in [4.69, 9.17) is 0 Å². The molecule has 1 unspecified atom stereocenters. The fraction of sp³-hybridized carbons (Fsp3) is 0.524. The minimum atomic E-state index is -0.922. The van der Waals surface area contributed by atoms with E-state index < -0.39 is 23.8 Å². The lowest BCUT2D eigenvalue weighted by atomic mass is 10.0. The molecular formula is C21H25N5O4. The van der Waals surface area contributed by atoms with Gasteiger partial charge in [-0.1, -0.05) is 6.07 Å². The molecular weight excluding hydrogens is 386 g/mol. The summed E-state index contributed by atoms with van der Waals surface area (Å²) in [6, 6.07) is 5.02. The summed E-state index contributed by atoms with van der Waals surface area (Å²) in [5.41, 5.74) is 1.66. The fourth-order valence-corrected chi connectivity index (χ4v) is 4.82. The van der Waals surface area contributed by atoms with E-state index >= 15 is 0 Å². The maximum absolute atomic E-state index is 12.9. The summed E-state index contributed by atoms with van der Waals surface area (Å²) in [5, 5.41) is 5.59. The lowest BCUT2D eigenvalue weighted by Crippen LogP contribution is -2.62. The molecule has 30 heavy (non-hydrogen) atoms. The number of likely N-dealkylation sites (tertiary alicyclic amines) is 1. The molecule has 3 fully saturated rings. The van der Waals surface area contributed by atoms with Crippen LogP contribution < -0.4 is 10.6 Å². The van der Waals surface area contributed by atoms with Gasteiger partial charge in [-0.15, -0.1) is 0 Å². The second-order valence-corrected chi connectivity index (χ2v) is 8.46. The Labute approximate surface area is 174 Å². The van der Waals surface area contributed by atoms with E-state index in [2.05, 4.69) is 20.4 Å². The fourth-order valence-electron chi connectivity index (χ4n) is 4.82. The Morgan fingerprint density at radius 2 is 1.70 bits per heavy atom. The molecule has 0 radical (unpaired) electrons. The molecule has 0 saturated carbocycles. The third kappa shape index (κ3) is 3.32. The maximum Gasteiger partial charge on any atom is 0.262 e. The molecule has 4 aliphatic heterocycles. The molecule has 5 rings (SSSR count). The molecule has 0 aliphatic carbocycles. The Kier molecular flexibility index (Phi) is 4.88. The van der Waals surface area contributed by atoms with Crippen LogP contribution >= 0.6 is 0 Å². The summed E-state index contributed by atoms with van der Waals surface area (Å²) in [4.78, 5) is 55.1. The van der Waals surface area contributed by atoms with Gasteiger partial charge in [0, 0.05) is 58.3 Å². The van der Waals surface area contributed by atoms with Crippen LogP contribution in [0.4, 0.5) is 0 Å². The molecule has 0 bridgehead atoms. The van der Waals surface area contributed by atoms with Crippen LogP contribution in [0.1, 0.15) is 39.1 Å². The van der Waals surface area contributed by atoms with Crippen molar-refractivity contribution in [2.75, 3.05) is 39.3 Å². The highest BCUT2D eigenvalue weighted by molar-refractivity contribution is 6.23. The van der Waals surface area contributed by atoms with Crippen LogP contribution in [-0.2, 0) is 16.1 Å². The summed E-state index contributed by atoms with van der Waals surface area (Å²) >= 11 is 0. The smallest absolute Gasteiger partial charge is 0.262 e. The van der Waals surface area contributed by atoms with Crippen LogP contribution in [0.15, 0.2) is 18.2 Å². The number of rotatable bonds is 4. The normalized spacial score (nSPS) is 26.0. The molecule has 4 aliphatic rings. The molecule has 1 aromatic rings. The average Bonchev–Trinajstić information content (AvgIpc) is 2.95. The highest BCUT2D eigenvalue weighted by Crippen LogP contribution is 2.29. The summed E-state index contributed by atoms with van der Waals surface area (Å²) in [6.07, 6.45) is 0.294. The molecule has 4 heterocycles. The molecule has 0 spiro atoms. The van der Waals surface area contributed by atoms with Crippen molar-refractivity contribution in [3.05, 3.63) is 34.9 Å². The van der Waals surface area contributed by atoms with Gasteiger partial charge in [-0.05, 0) is 24.1 Å². The van der Waals surface area contributed by atoms with E-state index in [9.17, 15) is 19.2 Å². The van der Waals surface area contributed by atoms with Crippen molar-refractivity contribution >= 4 is 23.6 Å². The molecule has 158 valence electrons. The lowest BCUT2D eigenvalue weighted by molar-refractivity contribution is -0.136. The number of hydrogen-bond acceptors (Lipinski definition) is 7. The Morgan fingerprint density at radius 1 is 0.967 bits per heavy atom. The molecule has 2 N–H and O–H groups in total. The van der Waals surface area contributed by atoms with Crippen LogP contribution in [0.2, 0.25) is 0 Å². The van der Waals surface area contributed by atoms with E-state index in [1.807, 2.05) is 6.07 Å². The van der Waals surface area contributed by atoms with E-state index in [-0.39, 0.29) is 18.7 Å². The minimum absolute atomic E-state index is 0.123. The predicted octanol–water partition coefficient (Wildman–Crippen LogP) is -0.823. The van der Waals surface area contributed by atoms with E-state index in [1.54, 1.807) is 12.1 Å². The number of carbonyl (C=O) groups excluding carboxylic acids is 4. The first kappa shape index (κ1) is 19.3. The largest absolute Gasteiger partial charge is 0.314 e. The van der Waals surface area contributed by atoms with Crippen LogP contribution in [-0.4, -0.2) is 89.7 Å². The highest BCUT2D eigenvalue weighted by atomic mass is 16.2. The van der Waals surface area contributed by atoms with Crippen LogP contribution in [0.3, 0.4) is 0 Å². The number of piperidine rings is 1. The van der Waals surface area contributed by atoms with Crippen molar-refractivity contribution in [3.8, 4) is 0 Å². The predicted molar refractivity (Wildman–Crippen MR) is 107 cm³/mol. The van der Waals surface area contributed by atoms with Gasteiger partial charge in [-0.25, -0.2) is 0 Å². The lowest BCUT2D eigenvalue weighted by Gasteiger charge is -2.47. The number of hydrogen-bond donors (Lipinski definition) is 2. The Morgan fingerprint density at radius 3 is 2.43 bits per heavy atom. The van der Waals surface area contributed by atoms with Gasteiger partial charge >= 0.3 is 0 Å². The van der Waals surface area contributed by atoms with Crippen LogP contribution in [0.5, 0.6) is 0 Å². The standard InChI is InChI=1S/C21H25N5O4/c27-18-4-3-17(19(28)23-18)26-20(29)15-2-1-13(9-16(15)21(26)30)10-24-11-14(12-24)25-7-5-22-6-8-25/h1-2,9,14,17,22H,3-8,10-12H2,(H,23,27,28). The third-order valence-corrected chi connectivity index (χ3v) is 6.52. The number of nitrogens with zero attached hydrogens (tertiary/aromatic N) is 3. The number of amides is 4. The molecule has 9 heteroatoms. The van der Waals surface area contributed by atoms with Crippen molar-refractivity contribution in [1.29, 1.82) is 0 Å². The summed E-state index contributed by atoms with van der Waals surface area (Å²) in [7, 11) is 0. The van der Waals surface area contributed by atoms with Gasteiger partial charge in [0.1, 0.15) is 6.04 Å². The van der Waals surface area contributed by atoms with Gasteiger partial charge < -0.3 is 5.32 Å². The molecule has 0 aromatic heterocycles. The first-order valence-corrected chi connectivity index (χ1v) is 10.5. The average molecular weight is 411 g/mol. The van der Waals surface area contributed by atoms with Gasteiger partial charge in [0.25, 0.3) is 11.8 Å². The van der Waals surface area contributed by atoms with Crippen molar-refractivity contribution < 1.29 is 19.2 Å². The monoisotopic (exact) mass is 411 g/mol. The number of benzene rings is 1. The van der Waals surface area contributed by atoms with Crippen LogP contribution in [0, 0.1) is 0 Å². The Bertz CT molecular complexity index is 920. The van der Waals surface area contributed by atoms with Crippen LogP contribution in [0.25, 0.3) is 0 Å². The van der Waals surface area contributed by atoms with Crippen molar-refractivity contribution in [1.82, 2.24) is 25.3 Å².